The number of nitrogens with one attached hydrogen (secondary N) is 2. The Hall–Kier alpha value is -3.69. The zero-order valence-corrected chi connectivity index (χ0v) is 27.8. The van der Waals surface area contributed by atoms with Crippen molar-refractivity contribution >= 4 is 48.0 Å². The number of hydrogen-bond donors (Lipinski definition) is 2. The number of halogens is 2. The summed E-state index contributed by atoms with van der Waals surface area (Å²) in [5, 5.41) is 3.98. The van der Waals surface area contributed by atoms with Gasteiger partial charge in [-0.25, -0.2) is 40.6 Å². The van der Waals surface area contributed by atoms with Crippen molar-refractivity contribution in [1.29, 1.82) is 0 Å². The van der Waals surface area contributed by atoms with Crippen LogP contribution in [0.25, 0.3) is 21.8 Å². The maximum Gasteiger partial charge on any atom is 0.265 e. The van der Waals surface area contributed by atoms with E-state index in [2.05, 4.69) is 33.8 Å². The van der Waals surface area contributed by atoms with Gasteiger partial charge in [-0.15, -0.1) is 0 Å². The van der Waals surface area contributed by atoms with Crippen molar-refractivity contribution in [3.63, 3.8) is 0 Å². The first-order valence-corrected chi connectivity index (χ1v) is 18.9. The fourth-order valence-electron chi connectivity index (χ4n) is 6.70. The highest BCUT2D eigenvalue weighted by Gasteiger charge is 2.56. The van der Waals surface area contributed by atoms with Gasteiger partial charge in [0.25, 0.3) is 10.0 Å². The molecule has 1 saturated carbocycles. The molecule has 0 atom stereocenters. The predicted molar refractivity (Wildman–Crippen MR) is 174 cm³/mol. The quantitative estimate of drug-likeness (QED) is 0.242. The first-order chi connectivity index (χ1) is 21.7. The molecule has 1 aliphatic carbocycles. The second-order valence-electron chi connectivity index (χ2n) is 13.1. The van der Waals surface area contributed by atoms with E-state index in [0.717, 1.165) is 31.9 Å². The third-order valence-corrected chi connectivity index (χ3v) is 13.8. The number of anilines is 3. The third-order valence-electron chi connectivity index (χ3n) is 9.09. The zero-order valence-electron chi connectivity index (χ0n) is 25.3. The first-order valence-electron chi connectivity index (χ1n) is 14.8. The van der Waals surface area contributed by atoms with Crippen molar-refractivity contribution in [3.8, 4) is 21.8 Å². The lowest BCUT2D eigenvalue weighted by Crippen LogP contribution is -2.60. The summed E-state index contributed by atoms with van der Waals surface area (Å²) >= 11 is 1.36. The molecule has 7 rings (SSSR count). The van der Waals surface area contributed by atoms with E-state index in [1.165, 1.54) is 48.6 Å². The predicted octanol–water partition coefficient (Wildman–Crippen LogP) is 5.63. The number of thiazole rings is 1. The molecule has 4 aromatic rings. The van der Waals surface area contributed by atoms with Gasteiger partial charge in [0.1, 0.15) is 10.7 Å². The van der Waals surface area contributed by atoms with Crippen LogP contribution in [-0.4, -0.2) is 61.4 Å². The minimum absolute atomic E-state index is 0.0457. The van der Waals surface area contributed by atoms with Gasteiger partial charge in [0.05, 0.1) is 33.5 Å². The molecular formula is C31H32F2N6O4S3. The van der Waals surface area contributed by atoms with E-state index >= 15 is 4.39 Å². The van der Waals surface area contributed by atoms with Gasteiger partial charge in [0.15, 0.2) is 20.8 Å². The summed E-state index contributed by atoms with van der Waals surface area (Å²) in [7, 11) is -7.38. The molecule has 0 radical (unpaired) electrons. The van der Waals surface area contributed by atoms with Crippen LogP contribution in [0.1, 0.15) is 38.7 Å². The number of aromatic nitrogens is 3. The van der Waals surface area contributed by atoms with Gasteiger partial charge in [0, 0.05) is 35.3 Å². The molecule has 46 heavy (non-hydrogen) atoms. The van der Waals surface area contributed by atoms with E-state index in [1.54, 1.807) is 12.3 Å². The second kappa shape index (κ2) is 10.7. The molecule has 0 bridgehead atoms. The van der Waals surface area contributed by atoms with Gasteiger partial charge in [-0.1, -0.05) is 29.5 Å². The van der Waals surface area contributed by atoms with Crippen molar-refractivity contribution in [2.24, 2.45) is 5.41 Å². The molecule has 2 aliphatic heterocycles. The third kappa shape index (κ3) is 5.41. The Balaban J connectivity index is 1.23. The summed E-state index contributed by atoms with van der Waals surface area (Å²) in [6.45, 7) is 6.45. The van der Waals surface area contributed by atoms with Crippen molar-refractivity contribution in [1.82, 2.24) is 15.0 Å². The van der Waals surface area contributed by atoms with E-state index in [9.17, 15) is 21.2 Å². The summed E-state index contributed by atoms with van der Waals surface area (Å²) in [6.07, 6.45) is 4.01. The standard InChI is InChI=1S/C31H32F2N6O4S3/c1-18-6-4-8-21(32)27(18)46(42,43)38-22-9-5-7-20(24(22)33)25-26(44-29(37-25)39-13-11-30(39,2)3)23-10-12-34-28(36-23)35-19-14-31(15-19)16-45(40,41)17-31/h4-10,12,19,38H,11,13-17H2,1-3H3,(H,34,35,36). The Morgan fingerprint density at radius 2 is 1.78 bits per heavy atom. The highest BCUT2D eigenvalue weighted by molar-refractivity contribution is 7.93. The lowest BCUT2D eigenvalue weighted by molar-refractivity contribution is 0.153. The normalized spacial score (nSPS) is 19.6. The average Bonchev–Trinajstić information content (AvgIpc) is 3.35. The number of hydrogen-bond acceptors (Lipinski definition) is 10. The summed E-state index contributed by atoms with van der Waals surface area (Å²) in [6, 6.07) is 9.99. The van der Waals surface area contributed by atoms with Gasteiger partial charge in [-0.3, -0.25) is 4.72 Å². The minimum atomic E-state index is -4.46. The van der Waals surface area contributed by atoms with E-state index < -0.39 is 36.4 Å². The molecule has 1 spiro atoms. The van der Waals surface area contributed by atoms with Crippen LogP contribution >= 0.6 is 11.3 Å². The van der Waals surface area contributed by atoms with Crippen molar-refractivity contribution in [3.05, 3.63) is 65.9 Å². The smallest absolute Gasteiger partial charge is 0.265 e. The molecule has 2 aromatic heterocycles. The number of sulfonamides is 1. The molecule has 10 nitrogen and oxygen atoms in total. The van der Waals surface area contributed by atoms with E-state index in [0.29, 0.717) is 21.7 Å². The van der Waals surface area contributed by atoms with Crippen molar-refractivity contribution in [2.75, 3.05) is 33.0 Å². The Labute approximate surface area is 270 Å². The molecule has 4 heterocycles. The number of nitrogens with zero attached hydrogens (tertiary/aromatic N) is 4. The molecule has 0 unspecified atom stereocenters. The van der Waals surface area contributed by atoms with E-state index in [1.807, 2.05) is 0 Å². The van der Waals surface area contributed by atoms with Gasteiger partial charge >= 0.3 is 0 Å². The van der Waals surface area contributed by atoms with Gasteiger partial charge in [-0.05, 0) is 69.9 Å². The summed E-state index contributed by atoms with van der Waals surface area (Å²) in [5.41, 5.74) is 0.405. The van der Waals surface area contributed by atoms with Crippen LogP contribution in [0.5, 0.6) is 0 Å². The number of benzene rings is 2. The Kier molecular flexibility index (Phi) is 7.18. The molecule has 2 aromatic carbocycles. The van der Waals surface area contributed by atoms with Crippen LogP contribution < -0.4 is 14.9 Å². The minimum Gasteiger partial charge on any atom is -0.351 e. The Morgan fingerprint density at radius 1 is 1.04 bits per heavy atom. The molecule has 2 saturated heterocycles. The topological polar surface area (TPSA) is 134 Å². The summed E-state index contributed by atoms with van der Waals surface area (Å²) in [5.74, 6) is -0.981. The van der Waals surface area contributed by atoms with Crippen LogP contribution in [0, 0.1) is 24.0 Å². The lowest BCUT2D eigenvalue weighted by Gasteiger charge is -2.53. The Bertz CT molecular complexity index is 2060. The SMILES string of the molecule is Cc1cccc(F)c1S(=O)(=O)Nc1cccc(-c2nc(N3CCC3(C)C)sc2-c2ccnc(NC3CC4(C3)CS(=O)(=O)C4)n2)c1F. The highest BCUT2D eigenvalue weighted by Crippen LogP contribution is 2.51. The summed E-state index contributed by atoms with van der Waals surface area (Å²) < 4.78 is 82.9. The molecule has 3 fully saturated rings. The highest BCUT2D eigenvalue weighted by atomic mass is 32.2. The second-order valence-corrected chi connectivity index (χ2v) is 17.8. The molecule has 242 valence electrons. The zero-order chi connectivity index (χ0) is 32.6. The van der Waals surface area contributed by atoms with Gasteiger partial charge in [0.2, 0.25) is 5.95 Å². The molecule has 0 amide bonds. The molecule has 3 aliphatic rings. The first kappa shape index (κ1) is 30.9. The number of rotatable bonds is 8. The summed E-state index contributed by atoms with van der Waals surface area (Å²) in [4.78, 5) is 16.1. The number of sulfone groups is 1. The molecular weight excluding hydrogens is 655 g/mol. The van der Waals surface area contributed by atoms with Crippen molar-refractivity contribution in [2.45, 2.75) is 56.5 Å². The fourth-order valence-corrected chi connectivity index (χ4v) is 11.6. The molecule has 15 heteroatoms. The fraction of sp³-hybridized carbons (Fsp3) is 0.387. The monoisotopic (exact) mass is 686 g/mol. The van der Waals surface area contributed by atoms with Gasteiger partial charge in [-0.2, -0.15) is 0 Å². The maximum atomic E-state index is 16.3. The maximum absolute atomic E-state index is 16.3. The van der Waals surface area contributed by atoms with Gasteiger partial charge < -0.3 is 10.2 Å². The largest absolute Gasteiger partial charge is 0.351 e. The van der Waals surface area contributed by atoms with E-state index in [-0.39, 0.29) is 51.0 Å². The lowest BCUT2D eigenvalue weighted by atomic mass is 9.67. The number of aryl methyl sites for hydroxylation is 1. The van der Waals surface area contributed by atoms with Crippen LogP contribution in [0.4, 0.5) is 25.5 Å². The van der Waals surface area contributed by atoms with Crippen molar-refractivity contribution < 1.29 is 25.6 Å². The van der Waals surface area contributed by atoms with E-state index in [4.69, 9.17) is 9.97 Å². The molecule has 2 N–H and O–H groups in total. The average molecular weight is 687 g/mol. The Morgan fingerprint density at radius 3 is 2.43 bits per heavy atom. The van der Waals surface area contributed by atoms with Crippen LogP contribution in [-0.2, 0) is 19.9 Å². The van der Waals surface area contributed by atoms with Crippen LogP contribution in [0.3, 0.4) is 0 Å². The van der Waals surface area contributed by atoms with Crippen LogP contribution in [0.2, 0.25) is 0 Å². The van der Waals surface area contributed by atoms with Crippen LogP contribution in [0.15, 0.2) is 53.6 Å².